The second kappa shape index (κ2) is 5.91. The summed E-state index contributed by atoms with van der Waals surface area (Å²) in [7, 11) is 0. The molecule has 0 fully saturated rings. The summed E-state index contributed by atoms with van der Waals surface area (Å²) in [6.07, 6.45) is 8.32. The molecule has 14 heavy (non-hydrogen) atoms. The van der Waals surface area contributed by atoms with Crippen molar-refractivity contribution in [1.82, 2.24) is 15.0 Å². The molecular weight excluding hydrogens is 174 g/mol. The molecule has 0 aliphatic heterocycles. The van der Waals surface area contributed by atoms with Crippen LogP contribution in [0, 0.1) is 6.92 Å². The zero-order valence-corrected chi connectivity index (χ0v) is 8.57. The van der Waals surface area contributed by atoms with Crippen molar-refractivity contribution in [3.05, 3.63) is 48.3 Å². The fraction of sp³-hybridized carbons (Fsp3) is 0.273. The van der Waals surface area contributed by atoms with Gasteiger partial charge in [0.2, 0.25) is 0 Å². The molecule has 74 valence electrons. The van der Waals surface area contributed by atoms with E-state index in [0.29, 0.717) is 0 Å². The second-order valence-corrected chi connectivity index (χ2v) is 2.89. The molecule has 0 aliphatic carbocycles. The van der Waals surface area contributed by atoms with E-state index in [0.717, 1.165) is 17.8 Å². The van der Waals surface area contributed by atoms with Gasteiger partial charge in [0.1, 0.15) is 0 Å². The van der Waals surface area contributed by atoms with Gasteiger partial charge >= 0.3 is 0 Å². The summed E-state index contributed by atoms with van der Waals surface area (Å²) < 4.78 is 0. The Bertz CT molecular complexity index is 307. The Hall–Kier alpha value is -1.64. The SMILES string of the molecule is CCc1cnc(C)cn1.c1cc[nH]c1. The lowest BCUT2D eigenvalue weighted by Crippen LogP contribution is -1.89. The number of nitrogens with zero attached hydrogens (tertiary/aromatic N) is 2. The molecule has 2 aromatic heterocycles. The summed E-state index contributed by atoms with van der Waals surface area (Å²) in [6.45, 7) is 4.01. The van der Waals surface area contributed by atoms with Crippen LogP contribution in [-0.2, 0) is 6.42 Å². The summed E-state index contributed by atoms with van der Waals surface area (Å²) in [6, 6.07) is 3.89. The molecule has 0 amide bonds. The maximum atomic E-state index is 4.13. The van der Waals surface area contributed by atoms with Gasteiger partial charge in [-0.05, 0) is 25.5 Å². The summed E-state index contributed by atoms with van der Waals surface area (Å²) in [5, 5.41) is 0. The number of hydrogen-bond acceptors (Lipinski definition) is 2. The number of aryl methyl sites for hydroxylation is 2. The second-order valence-electron chi connectivity index (χ2n) is 2.89. The van der Waals surface area contributed by atoms with Gasteiger partial charge in [0.05, 0.1) is 11.4 Å². The van der Waals surface area contributed by atoms with E-state index in [2.05, 4.69) is 21.9 Å². The van der Waals surface area contributed by atoms with E-state index in [4.69, 9.17) is 0 Å². The Morgan fingerprint density at radius 1 is 1.14 bits per heavy atom. The smallest absolute Gasteiger partial charge is 0.0584 e. The van der Waals surface area contributed by atoms with Gasteiger partial charge in [0, 0.05) is 24.8 Å². The summed E-state index contributed by atoms with van der Waals surface area (Å²) in [5.41, 5.74) is 2.04. The lowest BCUT2D eigenvalue weighted by Gasteiger charge is -1.92. The molecule has 0 spiro atoms. The molecule has 0 bridgehead atoms. The van der Waals surface area contributed by atoms with Crippen LogP contribution < -0.4 is 0 Å². The van der Waals surface area contributed by atoms with Crippen molar-refractivity contribution in [3.63, 3.8) is 0 Å². The topological polar surface area (TPSA) is 41.6 Å². The summed E-state index contributed by atoms with van der Waals surface area (Å²) in [4.78, 5) is 11.1. The van der Waals surface area contributed by atoms with Crippen molar-refractivity contribution in [2.24, 2.45) is 0 Å². The molecule has 2 rings (SSSR count). The van der Waals surface area contributed by atoms with Crippen LogP contribution in [0.3, 0.4) is 0 Å². The Labute approximate surface area is 84.2 Å². The third-order valence-corrected chi connectivity index (χ3v) is 1.69. The molecule has 2 aromatic rings. The fourth-order valence-electron chi connectivity index (χ4n) is 0.880. The highest BCUT2D eigenvalue weighted by Crippen LogP contribution is 1.92. The molecule has 0 aromatic carbocycles. The molecule has 1 N–H and O–H groups in total. The number of H-pyrrole nitrogens is 1. The Balaban J connectivity index is 0.000000165. The average Bonchev–Trinajstić information content (AvgIpc) is 2.77. The predicted octanol–water partition coefficient (Wildman–Crippen LogP) is 2.36. The highest BCUT2D eigenvalue weighted by atomic mass is 14.8. The van der Waals surface area contributed by atoms with Crippen LogP contribution >= 0.6 is 0 Å². The van der Waals surface area contributed by atoms with Crippen LogP contribution in [0.1, 0.15) is 18.3 Å². The molecule has 0 unspecified atom stereocenters. The number of nitrogens with one attached hydrogen (secondary N) is 1. The lowest BCUT2D eigenvalue weighted by atomic mass is 10.3. The number of hydrogen-bond donors (Lipinski definition) is 1. The molecule has 0 saturated carbocycles. The van der Waals surface area contributed by atoms with Crippen molar-refractivity contribution in [1.29, 1.82) is 0 Å². The molecule has 3 nitrogen and oxygen atoms in total. The molecular formula is C11H15N3. The molecule has 3 heteroatoms. The molecule has 2 heterocycles. The quantitative estimate of drug-likeness (QED) is 0.748. The van der Waals surface area contributed by atoms with E-state index < -0.39 is 0 Å². The normalized spacial score (nSPS) is 9.00. The molecule has 0 aliphatic rings. The number of rotatable bonds is 1. The van der Waals surface area contributed by atoms with Gasteiger partial charge in [-0.15, -0.1) is 0 Å². The van der Waals surface area contributed by atoms with Gasteiger partial charge in [0.15, 0.2) is 0 Å². The van der Waals surface area contributed by atoms with Gasteiger partial charge in [-0.3, -0.25) is 9.97 Å². The van der Waals surface area contributed by atoms with Crippen LogP contribution in [-0.4, -0.2) is 15.0 Å². The summed E-state index contributed by atoms with van der Waals surface area (Å²) >= 11 is 0. The van der Waals surface area contributed by atoms with E-state index in [-0.39, 0.29) is 0 Å². The first-order valence-electron chi connectivity index (χ1n) is 4.68. The Kier molecular flexibility index (Phi) is 4.41. The van der Waals surface area contributed by atoms with Gasteiger partial charge in [-0.2, -0.15) is 0 Å². The zero-order valence-electron chi connectivity index (χ0n) is 8.57. The molecule has 0 saturated heterocycles. The van der Waals surface area contributed by atoms with E-state index >= 15 is 0 Å². The van der Waals surface area contributed by atoms with Crippen molar-refractivity contribution >= 4 is 0 Å². The van der Waals surface area contributed by atoms with Crippen LogP contribution in [0.25, 0.3) is 0 Å². The third kappa shape index (κ3) is 3.85. The largest absolute Gasteiger partial charge is 0.368 e. The number of aromatic nitrogens is 3. The monoisotopic (exact) mass is 189 g/mol. The van der Waals surface area contributed by atoms with Crippen LogP contribution in [0.15, 0.2) is 36.9 Å². The Morgan fingerprint density at radius 2 is 1.86 bits per heavy atom. The zero-order chi connectivity index (χ0) is 10.2. The van der Waals surface area contributed by atoms with Gasteiger partial charge in [0.25, 0.3) is 0 Å². The first-order valence-corrected chi connectivity index (χ1v) is 4.68. The predicted molar refractivity (Wildman–Crippen MR) is 56.9 cm³/mol. The lowest BCUT2D eigenvalue weighted by molar-refractivity contribution is 0.977. The van der Waals surface area contributed by atoms with Crippen LogP contribution in [0.2, 0.25) is 0 Å². The van der Waals surface area contributed by atoms with Crippen molar-refractivity contribution < 1.29 is 0 Å². The minimum absolute atomic E-state index is 0.966. The minimum Gasteiger partial charge on any atom is -0.368 e. The fourth-order valence-corrected chi connectivity index (χ4v) is 0.880. The van der Waals surface area contributed by atoms with Crippen molar-refractivity contribution in [2.75, 3.05) is 0 Å². The maximum absolute atomic E-state index is 4.13. The highest BCUT2D eigenvalue weighted by Gasteiger charge is 1.87. The third-order valence-electron chi connectivity index (χ3n) is 1.69. The van der Waals surface area contributed by atoms with Gasteiger partial charge < -0.3 is 4.98 Å². The van der Waals surface area contributed by atoms with E-state index in [1.54, 1.807) is 6.20 Å². The van der Waals surface area contributed by atoms with Crippen molar-refractivity contribution in [3.8, 4) is 0 Å². The van der Waals surface area contributed by atoms with Crippen molar-refractivity contribution in [2.45, 2.75) is 20.3 Å². The van der Waals surface area contributed by atoms with Crippen LogP contribution in [0.4, 0.5) is 0 Å². The van der Waals surface area contributed by atoms with Gasteiger partial charge in [-0.1, -0.05) is 6.92 Å². The standard InChI is InChI=1S/C7H10N2.C4H5N/c1-3-7-5-8-6(2)4-9-7;1-2-4-5-3-1/h4-5H,3H2,1-2H3;1-5H. The van der Waals surface area contributed by atoms with Crippen LogP contribution in [0.5, 0.6) is 0 Å². The first kappa shape index (κ1) is 10.4. The van der Waals surface area contributed by atoms with E-state index in [9.17, 15) is 0 Å². The Morgan fingerprint density at radius 3 is 2.21 bits per heavy atom. The highest BCUT2D eigenvalue weighted by molar-refractivity contribution is 4.99. The van der Waals surface area contributed by atoms with E-state index in [1.165, 1.54) is 0 Å². The summed E-state index contributed by atoms with van der Waals surface area (Å²) in [5.74, 6) is 0. The van der Waals surface area contributed by atoms with E-state index in [1.807, 2.05) is 37.6 Å². The minimum atomic E-state index is 0.966. The van der Waals surface area contributed by atoms with Gasteiger partial charge in [-0.25, -0.2) is 0 Å². The average molecular weight is 189 g/mol. The maximum Gasteiger partial charge on any atom is 0.0584 e. The number of aromatic amines is 1. The first-order chi connectivity index (χ1) is 6.83. The molecule has 0 radical (unpaired) electrons. The molecule has 0 atom stereocenters.